The number of aryl methyl sites for hydroxylation is 1. The number of nitrogens with zero attached hydrogens (tertiary/aromatic N) is 2. The minimum absolute atomic E-state index is 0.495. The molecule has 0 spiro atoms. The molecular formula is C11H13ClN2OS. The van der Waals surface area contributed by atoms with Crippen LogP contribution in [0.25, 0.3) is 10.2 Å². The summed E-state index contributed by atoms with van der Waals surface area (Å²) in [5, 5.41) is 1.41. The Labute approximate surface area is 103 Å². The summed E-state index contributed by atoms with van der Waals surface area (Å²) in [5.41, 5.74) is -0.518. The molecule has 0 N–H and O–H groups in total. The highest BCUT2D eigenvalue weighted by molar-refractivity contribution is 7.18. The first-order valence-corrected chi connectivity index (χ1v) is 6.13. The summed E-state index contributed by atoms with van der Waals surface area (Å²) in [6.45, 7) is 5.87. The van der Waals surface area contributed by atoms with Gasteiger partial charge in [-0.25, -0.2) is 9.97 Å². The van der Waals surface area contributed by atoms with Crippen molar-refractivity contribution in [3.8, 4) is 0 Å². The van der Waals surface area contributed by atoms with Crippen molar-refractivity contribution < 1.29 is 4.74 Å². The first kappa shape index (κ1) is 11.8. The van der Waals surface area contributed by atoms with Crippen LogP contribution in [0.4, 0.5) is 0 Å². The van der Waals surface area contributed by atoms with Crippen molar-refractivity contribution in [2.45, 2.75) is 26.4 Å². The van der Waals surface area contributed by atoms with Crippen molar-refractivity contribution in [2.75, 3.05) is 7.11 Å². The summed E-state index contributed by atoms with van der Waals surface area (Å²) in [5.74, 6) is 0.620. The Morgan fingerprint density at radius 2 is 2.06 bits per heavy atom. The number of ether oxygens (including phenoxy) is 1. The third-order valence-corrected chi connectivity index (χ3v) is 3.75. The molecule has 0 radical (unpaired) electrons. The highest BCUT2D eigenvalue weighted by Crippen LogP contribution is 2.31. The maximum atomic E-state index is 6.14. The zero-order valence-electron chi connectivity index (χ0n) is 9.67. The largest absolute Gasteiger partial charge is 0.371 e. The highest BCUT2D eigenvalue weighted by Gasteiger charge is 2.24. The number of fused-ring (bicyclic) bond motifs is 1. The van der Waals surface area contributed by atoms with Gasteiger partial charge in [0.25, 0.3) is 0 Å². The fourth-order valence-electron chi connectivity index (χ4n) is 1.37. The van der Waals surface area contributed by atoms with E-state index in [9.17, 15) is 0 Å². The van der Waals surface area contributed by atoms with Crippen LogP contribution in [0.15, 0.2) is 6.07 Å². The van der Waals surface area contributed by atoms with Crippen molar-refractivity contribution in [1.82, 2.24) is 9.97 Å². The average Bonchev–Trinajstić information content (AvgIpc) is 2.59. The maximum absolute atomic E-state index is 6.14. The van der Waals surface area contributed by atoms with Crippen LogP contribution < -0.4 is 0 Å². The van der Waals surface area contributed by atoms with Crippen molar-refractivity contribution in [2.24, 2.45) is 0 Å². The van der Waals surface area contributed by atoms with Crippen LogP contribution in [-0.2, 0) is 10.3 Å². The lowest BCUT2D eigenvalue weighted by Crippen LogP contribution is -2.22. The lowest BCUT2D eigenvalue weighted by atomic mass is 10.1. The van der Waals surface area contributed by atoms with Crippen LogP contribution >= 0.6 is 22.9 Å². The van der Waals surface area contributed by atoms with Crippen LogP contribution in [0.1, 0.15) is 24.5 Å². The fraction of sp³-hybridized carbons (Fsp3) is 0.455. The predicted octanol–water partition coefficient (Wildman–Crippen LogP) is 3.53. The topological polar surface area (TPSA) is 35.0 Å². The summed E-state index contributed by atoms with van der Waals surface area (Å²) in [6.07, 6.45) is 0. The molecule has 2 aromatic heterocycles. The van der Waals surface area contributed by atoms with E-state index in [0.717, 1.165) is 10.2 Å². The summed E-state index contributed by atoms with van der Waals surface area (Å²) in [6, 6.07) is 2.01. The molecule has 86 valence electrons. The summed E-state index contributed by atoms with van der Waals surface area (Å²) >= 11 is 7.75. The Bertz CT molecular complexity index is 536. The van der Waals surface area contributed by atoms with E-state index >= 15 is 0 Å². The van der Waals surface area contributed by atoms with Crippen LogP contribution in [0.2, 0.25) is 5.15 Å². The van der Waals surface area contributed by atoms with Gasteiger partial charge in [-0.2, -0.15) is 0 Å². The molecule has 0 bridgehead atoms. The molecule has 0 saturated carbocycles. The van der Waals surface area contributed by atoms with E-state index in [4.69, 9.17) is 16.3 Å². The summed E-state index contributed by atoms with van der Waals surface area (Å²) in [4.78, 5) is 10.9. The van der Waals surface area contributed by atoms with Crippen molar-refractivity contribution in [3.05, 3.63) is 21.9 Å². The Balaban J connectivity index is 2.66. The van der Waals surface area contributed by atoms with Gasteiger partial charge in [0, 0.05) is 17.4 Å². The van der Waals surface area contributed by atoms with Gasteiger partial charge < -0.3 is 4.74 Å². The van der Waals surface area contributed by atoms with E-state index in [-0.39, 0.29) is 0 Å². The van der Waals surface area contributed by atoms with E-state index in [1.54, 1.807) is 18.4 Å². The predicted molar refractivity (Wildman–Crippen MR) is 67.2 cm³/mol. The first-order valence-electron chi connectivity index (χ1n) is 4.93. The van der Waals surface area contributed by atoms with Gasteiger partial charge in [-0.15, -0.1) is 11.3 Å². The van der Waals surface area contributed by atoms with E-state index < -0.39 is 5.60 Å². The summed E-state index contributed by atoms with van der Waals surface area (Å²) in [7, 11) is 1.64. The van der Waals surface area contributed by atoms with Gasteiger partial charge >= 0.3 is 0 Å². The minimum atomic E-state index is -0.518. The van der Waals surface area contributed by atoms with Crippen molar-refractivity contribution in [3.63, 3.8) is 0 Å². The van der Waals surface area contributed by atoms with Crippen molar-refractivity contribution >= 4 is 33.2 Å². The van der Waals surface area contributed by atoms with E-state index in [1.807, 2.05) is 26.8 Å². The third-order valence-electron chi connectivity index (χ3n) is 2.52. The number of thiophene rings is 1. The number of halogens is 1. The molecule has 2 aromatic rings. The minimum Gasteiger partial charge on any atom is -0.371 e. The van der Waals surface area contributed by atoms with Crippen LogP contribution in [-0.4, -0.2) is 17.1 Å². The highest BCUT2D eigenvalue weighted by atomic mass is 35.5. The van der Waals surface area contributed by atoms with Gasteiger partial charge in [-0.3, -0.25) is 0 Å². The summed E-state index contributed by atoms with van der Waals surface area (Å²) < 4.78 is 5.36. The van der Waals surface area contributed by atoms with E-state index in [1.165, 1.54) is 4.88 Å². The molecule has 0 aliphatic heterocycles. The Hall–Kier alpha value is -0.710. The molecule has 3 nitrogen and oxygen atoms in total. The van der Waals surface area contributed by atoms with Crippen LogP contribution in [0.3, 0.4) is 0 Å². The normalized spacial score (nSPS) is 12.3. The Morgan fingerprint density at radius 3 is 2.69 bits per heavy atom. The maximum Gasteiger partial charge on any atom is 0.162 e. The monoisotopic (exact) mass is 256 g/mol. The molecule has 0 aliphatic carbocycles. The molecule has 0 aromatic carbocycles. The average molecular weight is 257 g/mol. The fourth-order valence-corrected chi connectivity index (χ4v) is 2.53. The Morgan fingerprint density at radius 1 is 1.38 bits per heavy atom. The molecular weight excluding hydrogens is 244 g/mol. The first-order chi connectivity index (χ1) is 7.44. The molecule has 0 fully saturated rings. The lowest BCUT2D eigenvalue weighted by molar-refractivity contribution is 0.0118. The zero-order chi connectivity index (χ0) is 11.9. The van der Waals surface area contributed by atoms with E-state index in [0.29, 0.717) is 11.0 Å². The molecule has 0 saturated heterocycles. The van der Waals surface area contributed by atoms with Crippen LogP contribution in [0.5, 0.6) is 0 Å². The van der Waals surface area contributed by atoms with Crippen molar-refractivity contribution in [1.29, 1.82) is 0 Å². The second-order valence-corrected chi connectivity index (χ2v) is 5.72. The van der Waals surface area contributed by atoms with Gasteiger partial charge in [0.15, 0.2) is 5.82 Å². The van der Waals surface area contributed by atoms with Gasteiger partial charge in [0.1, 0.15) is 15.6 Å². The quantitative estimate of drug-likeness (QED) is 0.771. The SMILES string of the molecule is COC(C)(C)c1nc(Cl)c2cc(C)sc2n1. The second-order valence-electron chi connectivity index (χ2n) is 4.13. The van der Waals surface area contributed by atoms with Gasteiger partial charge in [-0.1, -0.05) is 11.6 Å². The molecule has 2 rings (SSSR count). The number of hydrogen-bond donors (Lipinski definition) is 0. The molecule has 16 heavy (non-hydrogen) atoms. The smallest absolute Gasteiger partial charge is 0.162 e. The lowest BCUT2D eigenvalue weighted by Gasteiger charge is -2.20. The molecule has 0 aliphatic rings. The number of methoxy groups -OCH3 is 1. The Kier molecular flexibility index (Phi) is 2.90. The molecule has 0 amide bonds. The number of hydrogen-bond acceptors (Lipinski definition) is 4. The van der Waals surface area contributed by atoms with Gasteiger partial charge in [0.2, 0.25) is 0 Å². The molecule has 0 unspecified atom stereocenters. The number of aromatic nitrogens is 2. The van der Waals surface area contributed by atoms with Gasteiger partial charge in [0.05, 0.1) is 0 Å². The standard InChI is InChI=1S/C11H13ClN2OS/c1-6-5-7-8(12)13-10(11(2,3)15-4)14-9(7)16-6/h5H,1-4H3. The van der Waals surface area contributed by atoms with Gasteiger partial charge in [-0.05, 0) is 26.8 Å². The molecule has 0 atom stereocenters. The van der Waals surface area contributed by atoms with Crippen LogP contribution in [0, 0.1) is 6.92 Å². The second kappa shape index (κ2) is 3.95. The van der Waals surface area contributed by atoms with E-state index in [2.05, 4.69) is 9.97 Å². The zero-order valence-corrected chi connectivity index (χ0v) is 11.2. The molecule has 2 heterocycles. The third kappa shape index (κ3) is 1.93. The number of rotatable bonds is 2. The molecule has 5 heteroatoms.